The Morgan fingerprint density at radius 2 is 1.30 bits per heavy atom. The Labute approximate surface area is 164 Å². The maximum atomic E-state index is 6.95. The molecule has 1 fully saturated rings. The molecule has 6 heteroatoms. The van der Waals surface area contributed by atoms with Crippen molar-refractivity contribution in [2.24, 2.45) is 17.2 Å². The van der Waals surface area contributed by atoms with Crippen LogP contribution < -0.4 is 27.8 Å². The third kappa shape index (κ3) is 3.65. The van der Waals surface area contributed by atoms with Crippen LogP contribution in [0, 0.1) is 0 Å². The number of hydrogen-bond donors (Lipinski definition) is 5. The van der Waals surface area contributed by atoms with E-state index in [1.165, 1.54) is 0 Å². The molecule has 1 rings (SSSR count). The average molecular weight is 373 g/mol. The van der Waals surface area contributed by atoms with Crippen LogP contribution in [0.5, 0.6) is 0 Å². The zero-order valence-corrected chi connectivity index (χ0v) is 16.4. The van der Waals surface area contributed by atoms with Crippen LogP contribution in [0.4, 0.5) is 0 Å². The molecule has 1 heterocycles. The van der Waals surface area contributed by atoms with Gasteiger partial charge in [-0.1, -0.05) is 43.0 Å². The van der Waals surface area contributed by atoms with Crippen LogP contribution in [0.3, 0.4) is 0 Å². The monoisotopic (exact) mass is 372 g/mol. The Hall–Kier alpha value is -1.80. The summed E-state index contributed by atoms with van der Waals surface area (Å²) in [6.07, 6.45) is 11.6. The van der Waals surface area contributed by atoms with Crippen molar-refractivity contribution in [2.45, 2.75) is 41.7 Å². The van der Waals surface area contributed by atoms with E-state index in [9.17, 15) is 0 Å². The van der Waals surface area contributed by atoms with E-state index in [0.29, 0.717) is 32.6 Å². The van der Waals surface area contributed by atoms with Crippen molar-refractivity contribution >= 4 is 0 Å². The van der Waals surface area contributed by atoms with Gasteiger partial charge in [-0.3, -0.25) is 10.6 Å². The van der Waals surface area contributed by atoms with Gasteiger partial charge in [0.25, 0.3) is 0 Å². The second kappa shape index (κ2) is 8.93. The molecule has 3 unspecified atom stereocenters. The quantitative estimate of drug-likeness (QED) is 0.332. The topological polar surface area (TPSA) is 105 Å². The molecule has 1 aliphatic heterocycles. The van der Waals surface area contributed by atoms with Gasteiger partial charge in [0.05, 0.1) is 23.4 Å². The van der Waals surface area contributed by atoms with Gasteiger partial charge in [-0.2, -0.15) is 0 Å². The number of nitrogens with zero attached hydrogens (tertiary/aromatic N) is 1. The van der Waals surface area contributed by atoms with Crippen LogP contribution in [0.1, 0.15) is 19.3 Å². The zero-order valence-electron chi connectivity index (χ0n) is 16.4. The summed E-state index contributed by atoms with van der Waals surface area (Å²) in [5, 5.41) is 6.78. The van der Waals surface area contributed by atoms with Gasteiger partial charge in [0, 0.05) is 13.1 Å². The van der Waals surface area contributed by atoms with Gasteiger partial charge in [0.1, 0.15) is 5.66 Å². The van der Waals surface area contributed by atoms with Crippen LogP contribution in [0.25, 0.3) is 0 Å². The van der Waals surface area contributed by atoms with E-state index in [-0.39, 0.29) is 0 Å². The Balaban J connectivity index is 3.91. The fraction of sp³-hybridized carbons (Fsp3) is 0.429. The molecule has 0 aromatic carbocycles. The molecule has 1 saturated heterocycles. The first-order chi connectivity index (χ1) is 12.7. The highest BCUT2D eigenvalue weighted by Gasteiger charge is 2.64. The number of nitrogens with one attached hydrogen (secondary N) is 2. The molecule has 0 aromatic heterocycles. The molecular formula is C21H36N6. The lowest BCUT2D eigenvalue weighted by Crippen LogP contribution is -2.91. The molecule has 0 bridgehead atoms. The summed E-state index contributed by atoms with van der Waals surface area (Å²) in [5.74, 6) is 0. The Morgan fingerprint density at radius 1 is 0.815 bits per heavy atom. The summed E-state index contributed by atoms with van der Waals surface area (Å²) < 4.78 is 0. The summed E-state index contributed by atoms with van der Waals surface area (Å²) in [4.78, 5) is 1.99. The molecule has 8 N–H and O–H groups in total. The van der Waals surface area contributed by atoms with Crippen molar-refractivity contribution < 1.29 is 0 Å². The standard InChI is InChI=1S/C21H36N6/c1-7-13-18(22,10-4)21(19(23,11-5)14-8-2)26-16-25-17-27(21)20(24,12-6)15-9-3/h7-12,25-26H,1-6,13-17,22-24H2. The summed E-state index contributed by atoms with van der Waals surface area (Å²) in [7, 11) is 0. The first-order valence-electron chi connectivity index (χ1n) is 9.04. The van der Waals surface area contributed by atoms with Gasteiger partial charge < -0.3 is 17.2 Å². The lowest BCUT2D eigenvalue weighted by atomic mass is 9.65. The molecule has 150 valence electrons. The van der Waals surface area contributed by atoms with E-state index in [0.717, 1.165) is 0 Å². The minimum Gasteiger partial charge on any atom is -0.319 e. The lowest BCUT2D eigenvalue weighted by Gasteiger charge is -2.65. The van der Waals surface area contributed by atoms with Gasteiger partial charge >= 0.3 is 0 Å². The van der Waals surface area contributed by atoms with Crippen LogP contribution in [0.2, 0.25) is 0 Å². The predicted molar refractivity (Wildman–Crippen MR) is 116 cm³/mol. The van der Waals surface area contributed by atoms with E-state index in [4.69, 9.17) is 17.2 Å². The first kappa shape index (κ1) is 23.2. The fourth-order valence-corrected chi connectivity index (χ4v) is 4.07. The zero-order chi connectivity index (χ0) is 20.8. The van der Waals surface area contributed by atoms with Crippen molar-refractivity contribution in [1.82, 2.24) is 15.5 Å². The van der Waals surface area contributed by atoms with Crippen LogP contribution in [0.15, 0.2) is 75.9 Å². The Kier molecular flexibility index (Phi) is 7.68. The van der Waals surface area contributed by atoms with Crippen molar-refractivity contribution in [3.05, 3.63) is 75.9 Å². The number of nitrogens with two attached hydrogens (primary N) is 3. The molecule has 27 heavy (non-hydrogen) atoms. The van der Waals surface area contributed by atoms with Crippen molar-refractivity contribution in [3.8, 4) is 0 Å². The molecule has 0 saturated carbocycles. The molecule has 0 aliphatic carbocycles. The largest absolute Gasteiger partial charge is 0.319 e. The van der Waals surface area contributed by atoms with Crippen molar-refractivity contribution in [3.63, 3.8) is 0 Å². The highest BCUT2D eigenvalue weighted by atomic mass is 15.5. The normalized spacial score (nSPS) is 27.2. The number of hydrogen-bond acceptors (Lipinski definition) is 6. The molecular weight excluding hydrogens is 336 g/mol. The second-order valence-electron chi connectivity index (χ2n) is 7.06. The van der Waals surface area contributed by atoms with Gasteiger partial charge in [0.2, 0.25) is 0 Å². The minimum atomic E-state index is -1.05. The summed E-state index contributed by atoms with van der Waals surface area (Å²) in [6, 6.07) is 0. The maximum absolute atomic E-state index is 6.95. The highest BCUT2D eigenvalue weighted by molar-refractivity contribution is 5.34. The number of rotatable bonds is 12. The molecule has 0 radical (unpaired) electrons. The molecule has 0 amide bonds. The highest BCUT2D eigenvalue weighted by Crippen LogP contribution is 2.43. The van der Waals surface area contributed by atoms with Crippen LogP contribution in [-0.2, 0) is 0 Å². The van der Waals surface area contributed by atoms with E-state index >= 15 is 0 Å². The van der Waals surface area contributed by atoms with Crippen LogP contribution >= 0.6 is 0 Å². The third-order valence-electron chi connectivity index (χ3n) is 5.51. The van der Waals surface area contributed by atoms with Gasteiger partial charge in [-0.25, -0.2) is 4.90 Å². The Morgan fingerprint density at radius 3 is 1.67 bits per heavy atom. The van der Waals surface area contributed by atoms with Gasteiger partial charge in [0.15, 0.2) is 0 Å². The van der Waals surface area contributed by atoms with Crippen molar-refractivity contribution in [1.29, 1.82) is 0 Å². The molecule has 0 aromatic rings. The Bertz CT molecular complexity index is 571. The van der Waals surface area contributed by atoms with E-state index in [2.05, 4.69) is 50.1 Å². The van der Waals surface area contributed by atoms with E-state index < -0.39 is 22.4 Å². The molecule has 1 aliphatic rings. The summed E-state index contributed by atoms with van der Waals surface area (Å²) in [5.41, 5.74) is 16.6. The second-order valence-corrected chi connectivity index (χ2v) is 7.06. The molecule has 0 spiro atoms. The van der Waals surface area contributed by atoms with E-state index in [1.807, 2.05) is 4.90 Å². The fourth-order valence-electron chi connectivity index (χ4n) is 4.07. The van der Waals surface area contributed by atoms with Crippen molar-refractivity contribution in [2.75, 3.05) is 13.3 Å². The lowest BCUT2D eigenvalue weighted by molar-refractivity contribution is -0.116. The third-order valence-corrected chi connectivity index (χ3v) is 5.51. The van der Waals surface area contributed by atoms with Gasteiger partial charge in [-0.15, -0.1) is 32.9 Å². The summed E-state index contributed by atoms with van der Waals surface area (Å²) in [6.45, 7) is 24.5. The maximum Gasteiger partial charge on any atom is 0.120 e. The smallest absolute Gasteiger partial charge is 0.120 e. The summed E-state index contributed by atoms with van der Waals surface area (Å²) >= 11 is 0. The van der Waals surface area contributed by atoms with Gasteiger partial charge in [-0.05, 0) is 12.8 Å². The molecule has 6 nitrogen and oxygen atoms in total. The molecule has 3 atom stereocenters. The SMILES string of the molecule is C=CCC(N)(C=C)N1CNCNC1(C(N)(C=C)CC=C)C(N)(C=C)CC=C. The first-order valence-corrected chi connectivity index (χ1v) is 9.04. The minimum absolute atomic E-state index is 0.422. The van der Waals surface area contributed by atoms with E-state index in [1.54, 1.807) is 36.5 Å². The average Bonchev–Trinajstić information content (AvgIpc) is 2.67. The predicted octanol–water partition coefficient (Wildman–Crippen LogP) is 1.43. The van der Waals surface area contributed by atoms with Crippen LogP contribution in [-0.4, -0.2) is 40.6 Å².